The molecule has 0 aliphatic rings. The lowest BCUT2D eigenvalue weighted by atomic mass is 10.0. The Morgan fingerprint density at radius 1 is 1.25 bits per heavy atom. The van der Waals surface area contributed by atoms with E-state index < -0.39 is 0 Å². The predicted molar refractivity (Wildman–Crippen MR) is 54.1 cm³/mol. The summed E-state index contributed by atoms with van der Waals surface area (Å²) in [7, 11) is 0. The summed E-state index contributed by atoms with van der Waals surface area (Å²) >= 11 is 0. The molecule has 0 radical (unpaired) electrons. The second kappa shape index (κ2) is 7.35. The Labute approximate surface area is 76.5 Å². The van der Waals surface area contributed by atoms with E-state index in [0.717, 1.165) is 12.8 Å². The van der Waals surface area contributed by atoms with E-state index in [9.17, 15) is 0 Å². The van der Waals surface area contributed by atoms with E-state index in [1.165, 1.54) is 12.8 Å². The first-order chi connectivity index (χ1) is 5.66. The van der Waals surface area contributed by atoms with Gasteiger partial charge in [-0.1, -0.05) is 32.4 Å². The maximum atomic E-state index is 8.99. The van der Waals surface area contributed by atoms with Crippen molar-refractivity contribution in [2.45, 2.75) is 52.6 Å². The van der Waals surface area contributed by atoms with Crippen molar-refractivity contribution in [1.29, 1.82) is 0 Å². The highest BCUT2D eigenvalue weighted by Crippen LogP contribution is 2.07. The minimum absolute atomic E-state index is 0.156. The molecule has 0 saturated heterocycles. The molecule has 72 valence electrons. The average molecular weight is 170 g/mol. The van der Waals surface area contributed by atoms with Crippen molar-refractivity contribution in [2.24, 2.45) is 5.92 Å². The highest BCUT2D eigenvalue weighted by atomic mass is 16.3. The Hall–Kier alpha value is -0.300. The van der Waals surface area contributed by atoms with Gasteiger partial charge in [0.1, 0.15) is 0 Å². The lowest BCUT2D eigenvalue weighted by molar-refractivity contribution is 0.186. The van der Waals surface area contributed by atoms with Crippen LogP contribution in [0.25, 0.3) is 0 Å². The molecule has 0 aliphatic heterocycles. The zero-order chi connectivity index (χ0) is 9.40. The second-order valence-electron chi connectivity index (χ2n) is 3.62. The monoisotopic (exact) mass is 170 g/mol. The molecule has 0 aromatic carbocycles. The van der Waals surface area contributed by atoms with Crippen molar-refractivity contribution in [1.82, 2.24) is 0 Å². The summed E-state index contributed by atoms with van der Waals surface area (Å²) in [6.07, 6.45) is 8.70. The summed E-state index contributed by atoms with van der Waals surface area (Å²) in [5, 5.41) is 8.99. The fourth-order valence-corrected chi connectivity index (χ4v) is 1.22. The van der Waals surface area contributed by atoms with Crippen LogP contribution in [-0.4, -0.2) is 11.2 Å². The van der Waals surface area contributed by atoms with Gasteiger partial charge in [0.05, 0.1) is 6.10 Å². The maximum absolute atomic E-state index is 8.99. The Kier molecular flexibility index (Phi) is 7.17. The SMILES string of the molecule is CCCC(C)C=CCCC(C)O. The first-order valence-corrected chi connectivity index (χ1v) is 5.01. The zero-order valence-corrected chi connectivity index (χ0v) is 8.59. The number of hydrogen-bond donors (Lipinski definition) is 1. The van der Waals surface area contributed by atoms with Gasteiger partial charge in [-0.2, -0.15) is 0 Å². The fourth-order valence-electron chi connectivity index (χ4n) is 1.22. The number of aliphatic hydroxyl groups excluding tert-OH is 1. The van der Waals surface area contributed by atoms with Crippen molar-refractivity contribution < 1.29 is 5.11 Å². The molecule has 1 nitrogen and oxygen atoms in total. The average Bonchev–Trinajstić information content (AvgIpc) is 1.98. The van der Waals surface area contributed by atoms with Crippen molar-refractivity contribution in [2.75, 3.05) is 0 Å². The molecule has 1 heteroatoms. The van der Waals surface area contributed by atoms with Gasteiger partial charge in [0, 0.05) is 0 Å². The Bertz CT molecular complexity index is 116. The minimum Gasteiger partial charge on any atom is -0.393 e. The summed E-state index contributed by atoms with van der Waals surface area (Å²) in [5.74, 6) is 0.698. The van der Waals surface area contributed by atoms with E-state index in [1.54, 1.807) is 0 Å². The molecule has 0 rings (SSSR count). The van der Waals surface area contributed by atoms with Gasteiger partial charge < -0.3 is 5.11 Å². The smallest absolute Gasteiger partial charge is 0.0515 e. The molecule has 0 bridgehead atoms. The van der Waals surface area contributed by atoms with Gasteiger partial charge in [0.25, 0.3) is 0 Å². The van der Waals surface area contributed by atoms with Crippen LogP contribution in [0.4, 0.5) is 0 Å². The molecule has 12 heavy (non-hydrogen) atoms. The second-order valence-corrected chi connectivity index (χ2v) is 3.62. The van der Waals surface area contributed by atoms with Crippen molar-refractivity contribution >= 4 is 0 Å². The number of allylic oxidation sites excluding steroid dienone is 2. The molecule has 0 aromatic rings. The molecule has 1 N–H and O–H groups in total. The van der Waals surface area contributed by atoms with Crippen molar-refractivity contribution in [3.63, 3.8) is 0 Å². The number of rotatable bonds is 6. The molecular formula is C11H22O. The van der Waals surface area contributed by atoms with Gasteiger partial charge in [-0.05, 0) is 32.1 Å². The van der Waals surface area contributed by atoms with Crippen LogP contribution in [0.2, 0.25) is 0 Å². The molecule has 0 saturated carbocycles. The minimum atomic E-state index is -0.156. The molecule has 0 aliphatic carbocycles. The Morgan fingerprint density at radius 3 is 2.42 bits per heavy atom. The third kappa shape index (κ3) is 7.80. The predicted octanol–water partition coefficient (Wildman–Crippen LogP) is 3.14. The van der Waals surface area contributed by atoms with Crippen molar-refractivity contribution in [3.05, 3.63) is 12.2 Å². The van der Waals surface area contributed by atoms with E-state index in [0.29, 0.717) is 5.92 Å². The van der Waals surface area contributed by atoms with Gasteiger partial charge in [-0.15, -0.1) is 0 Å². The maximum Gasteiger partial charge on any atom is 0.0515 e. The largest absolute Gasteiger partial charge is 0.393 e. The van der Waals surface area contributed by atoms with Gasteiger partial charge in [0.15, 0.2) is 0 Å². The molecule has 0 spiro atoms. The first-order valence-electron chi connectivity index (χ1n) is 5.01. The van der Waals surface area contributed by atoms with Crippen LogP contribution in [0, 0.1) is 5.92 Å². The van der Waals surface area contributed by atoms with E-state index in [2.05, 4.69) is 26.0 Å². The van der Waals surface area contributed by atoms with Crippen LogP contribution in [0.3, 0.4) is 0 Å². The third-order valence-corrected chi connectivity index (χ3v) is 1.96. The van der Waals surface area contributed by atoms with Crippen LogP contribution in [-0.2, 0) is 0 Å². The summed E-state index contributed by atoms with van der Waals surface area (Å²) in [4.78, 5) is 0. The zero-order valence-electron chi connectivity index (χ0n) is 8.59. The molecular weight excluding hydrogens is 148 g/mol. The number of hydrogen-bond acceptors (Lipinski definition) is 1. The van der Waals surface area contributed by atoms with Crippen LogP contribution < -0.4 is 0 Å². The number of aliphatic hydroxyl groups is 1. The molecule has 2 atom stereocenters. The highest BCUT2D eigenvalue weighted by Gasteiger charge is 1.94. The summed E-state index contributed by atoms with van der Waals surface area (Å²) in [6, 6.07) is 0. The molecule has 2 unspecified atom stereocenters. The van der Waals surface area contributed by atoms with Gasteiger partial charge in [-0.3, -0.25) is 0 Å². The van der Waals surface area contributed by atoms with Gasteiger partial charge >= 0.3 is 0 Å². The lowest BCUT2D eigenvalue weighted by Crippen LogP contribution is -1.97. The first kappa shape index (κ1) is 11.7. The van der Waals surface area contributed by atoms with Crippen LogP contribution >= 0.6 is 0 Å². The lowest BCUT2D eigenvalue weighted by Gasteiger charge is -2.03. The Morgan fingerprint density at radius 2 is 1.92 bits per heavy atom. The summed E-state index contributed by atoms with van der Waals surface area (Å²) in [5.41, 5.74) is 0. The third-order valence-electron chi connectivity index (χ3n) is 1.96. The fraction of sp³-hybridized carbons (Fsp3) is 0.818. The van der Waals surface area contributed by atoms with Crippen LogP contribution in [0.15, 0.2) is 12.2 Å². The molecule has 0 heterocycles. The highest BCUT2D eigenvalue weighted by molar-refractivity contribution is 4.86. The normalized spacial score (nSPS) is 16.7. The molecule has 0 amide bonds. The van der Waals surface area contributed by atoms with E-state index in [-0.39, 0.29) is 6.10 Å². The van der Waals surface area contributed by atoms with E-state index >= 15 is 0 Å². The Balaban J connectivity index is 3.34. The molecule has 0 aromatic heterocycles. The standard InChI is InChI=1S/C11H22O/c1-4-7-10(2)8-5-6-9-11(3)12/h5,8,10-12H,4,6-7,9H2,1-3H3. The van der Waals surface area contributed by atoms with Gasteiger partial charge in [-0.25, -0.2) is 0 Å². The summed E-state index contributed by atoms with van der Waals surface area (Å²) < 4.78 is 0. The van der Waals surface area contributed by atoms with E-state index in [4.69, 9.17) is 5.11 Å². The molecule has 0 fully saturated rings. The summed E-state index contributed by atoms with van der Waals surface area (Å²) in [6.45, 7) is 6.28. The van der Waals surface area contributed by atoms with Crippen LogP contribution in [0.5, 0.6) is 0 Å². The van der Waals surface area contributed by atoms with Crippen LogP contribution in [0.1, 0.15) is 46.5 Å². The topological polar surface area (TPSA) is 20.2 Å². The quantitative estimate of drug-likeness (QED) is 0.607. The van der Waals surface area contributed by atoms with Gasteiger partial charge in [0.2, 0.25) is 0 Å². The van der Waals surface area contributed by atoms with E-state index in [1.807, 2.05) is 6.92 Å². The van der Waals surface area contributed by atoms with Crippen molar-refractivity contribution in [3.8, 4) is 0 Å².